The quantitative estimate of drug-likeness (QED) is 0.147. The zero-order chi connectivity index (χ0) is 20.2. The maximum absolute atomic E-state index is 4.87. The number of thioether (sulfide) groups is 1. The van der Waals surface area contributed by atoms with Gasteiger partial charge in [0.25, 0.3) is 0 Å². The van der Waals surface area contributed by atoms with Crippen molar-refractivity contribution in [1.82, 2.24) is 15.2 Å². The number of pyridine rings is 1. The molecule has 30 heavy (non-hydrogen) atoms. The van der Waals surface area contributed by atoms with E-state index in [-0.39, 0.29) is 24.0 Å². The Morgan fingerprint density at radius 2 is 2.00 bits per heavy atom. The van der Waals surface area contributed by atoms with E-state index >= 15 is 0 Å². The van der Waals surface area contributed by atoms with Gasteiger partial charge in [-0.3, -0.25) is 4.99 Å². The van der Waals surface area contributed by atoms with E-state index in [1.807, 2.05) is 36.2 Å². The lowest BCUT2D eigenvalue weighted by atomic mass is 10.2. The molecule has 2 heterocycles. The van der Waals surface area contributed by atoms with Gasteiger partial charge in [-0.05, 0) is 56.4 Å². The number of nitrogens with one attached hydrogen (secondary N) is 2. The molecule has 0 amide bonds. The van der Waals surface area contributed by atoms with Crippen molar-refractivity contribution in [3.63, 3.8) is 0 Å². The molecule has 0 aliphatic carbocycles. The molecule has 1 aliphatic heterocycles. The summed E-state index contributed by atoms with van der Waals surface area (Å²) in [6, 6.07) is 16.7. The molecule has 7 heteroatoms. The number of benzene rings is 1. The molecule has 1 unspecified atom stereocenters. The van der Waals surface area contributed by atoms with Crippen LogP contribution in [0.5, 0.6) is 0 Å². The molecule has 1 atom stereocenters. The summed E-state index contributed by atoms with van der Waals surface area (Å²) in [6.45, 7) is 7.07. The monoisotopic (exact) mass is 539 g/mol. The number of nitrogens with zero attached hydrogens (tertiary/aromatic N) is 3. The number of aliphatic imine (C=N–C) groups is 1. The molecule has 0 saturated carbocycles. The molecule has 0 radical (unpaired) electrons. The molecule has 1 fully saturated rings. The number of rotatable bonds is 10. The third-order valence-electron chi connectivity index (χ3n) is 4.97. The molecule has 164 valence electrons. The van der Waals surface area contributed by atoms with Gasteiger partial charge >= 0.3 is 0 Å². The molecule has 0 spiro atoms. The van der Waals surface area contributed by atoms with Gasteiger partial charge in [-0.1, -0.05) is 24.3 Å². The van der Waals surface area contributed by atoms with E-state index < -0.39 is 0 Å². The van der Waals surface area contributed by atoms with Gasteiger partial charge in [0.1, 0.15) is 5.82 Å². The largest absolute Gasteiger partial charge is 0.370 e. The molecular weight excluding hydrogens is 505 g/mol. The number of anilines is 1. The van der Waals surface area contributed by atoms with Gasteiger partial charge in [-0.15, -0.1) is 35.7 Å². The van der Waals surface area contributed by atoms with Crippen molar-refractivity contribution in [3.05, 3.63) is 54.7 Å². The molecule has 3 rings (SSSR count). The van der Waals surface area contributed by atoms with Gasteiger partial charge in [-0.2, -0.15) is 0 Å². The first kappa shape index (κ1) is 24.8. The van der Waals surface area contributed by atoms with Crippen molar-refractivity contribution in [2.45, 2.75) is 31.1 Å². The maximum atomic E-state index is 4.87. The number of hydrogen-bond donors (Lipinski definition) is 2. The molecule has 1 aliphatic rings. The minimum absolute atomic E-state index is 0. The first-order valence-electron chi connectivity index (χ1n) is 10.7. The van der Waals surface area contributed by atoms with Gasteiger partial charge in [0.2, 0.25) is 0 Å². The van der Waals surface area contributed by atoms with E-state index in [2.05, 4.69) is 57.8 Å². The van der Waals surface area contributed by atoms with Crippen molar-refractivity contribution in [3.8, 4) is 0 Å². The fourth-order valence-corrected chi connectivity index (χ4v) is 4.47. The molecule has 2 aromatic rings. The highest BCUT2D eigenvalue weighted by molar-refractivity contribution is 14.0. The number of likely N-dealkylation sites (tertiary alicyclic amines) is 1. The van der Waals surface area contributed by atoms with E-state index in [9.17, 15) is 0 Å². The smallest absolute Gasteiger partial charge is 0.193 e. The van der Waals surface area contributed by atoms with E-state index in [0.717, 1.165) is 63.3 Å². The van der Waals surface area contributed by atoms with Crippen molar-refractivity contribution >= 4 is 47.5 Å². The van der Waals surface area contributed by atoms with Crippen molar-refractivity contribution in [2.75, 3.05) is 43.8 Å². The second kappa shape index (κ2) is 14.5. The number of aromatic nitrogens is 1. The number of guanidine groups is 1. The highest BCUT2D eigenvalue weighted by atomic mass is 127. The lowest BCUT2D eigenvalue weighted by Crippen LogP contribution is -2.40. The number of unbranched alkanes of at least 4 members (excludes halogenated alkanes) is 1. The van der Waals surface area contributed by atoms with E-state index in [0.29, 0.717) is 0 Å². The van der Waals surface area contributed by atoms with E-state index in [1.165, 1.54) is 17.1 Å². The van der Waals surface area contributed by atoms with E-state index in [4.69, 9.17) is 4.99 Å². The van der Waals surface area contributed by atoms with Crippen LogP contribution in [-0.4, -0.2) is 54.3 Å². The molecule has 2 N–H and O–H groups in total. The zero-order valence-electron chi connectivity index (χ0n) is 17.8. The maximum Gasteiger partial charge on any atom is 0.193 e. The van der Waals surface area contributed by atoms with Crippen LogP contribution in [-0.2, 0) is 0 Å². The Morgan fingerprint density at radius 3 is 2.77 bits per heavy atom. The van der Waals surface area contributed by atoms with Gasteiger partial charge in [0.05, 0.1) is 0 Å². The predicted octanol–water partition coefficient (Wildman–Crippen LogP) is 4.97. The highest BCUT2D eigenvalue weighted by Crippen LogP contribution is 2.25. The van der Waals surface area contributed by atoms with Gasteiger partial charge in [0, 0.05) is 49.6 Å². The van der Waals surface area contributed by atoms with Crippen LogP contribution in [0, 0.1) is 5.92 Å². The summed E-state index contributed by atoms with van der Waals surface area (Å²) in [4.78, 5) is 13.0. The molecule has 1 saturated heterocycles. The standard InChI is InChI=1S/C23H33N5S.HI/c1-2-24-23(27-16-9-8-15-26-22-12-6-7-14-25-22)28-17-13-20(18-28)19-29-21-10-4-3-5-11-21;/h3-7,10-12,14,20H,2,8-9,13,15-19H2,1H3,(H,24,27)(H,25,26);1H. The lowest BCUT2D eigenvalue weighted by molar-refractivity contribution is 0.474. The number of hydrogen-bond acceptors (Lipinski definition) is 4. The van der Waals surface area contributed by atoms with Crippen LogP contribution in [0.25, 0.3) is 0 Å². The van der Waals surface area contributed by atoms with Crippen molar-refractivity contribution < 1.29 is 0 Å². The third-order valence-corrected chi connectivity index (χ3v) is 6.21. The lowest BCUT2D eigenvalue weighted by Gasteiger charge is -2.21. The molecule has 1 aromatic heterocycles. The Bertz CT molecular complexity index is 729. The summed E-state index contributed by atoms with van der Waals surface area (Å²) in [7, 11) is 0. The van der Waals surface area contributed by atoms with Gasteiger partial charge < -0.3 is 15.5 Å². The summed E-state index contributed by atoms with van der Waals surface area (Å²) < 4.78 is 0. The van der Waals surface area contributed by atoms with Crippen LogP contribution in [0.4, 0.5) is 5.82 Å². The average molecular weight is 540 g/mol. The van der Waals surface area contributed by atoms with Gasteiger partial charge in [-0.25, -0.2) is 4.98 Å². The summed E-state index contributed by atoms with van der Waals surface area (Å²) in [6.07, 6.45) is 5.24. The highest BCUT2D eigenvalue weighted by Gasteiger charge is 2.24. The second-order valence-electron chi connectivity index (χ2n) is 7.31. The summed E-state index contributed by atoms with van der Waals surface area (Å²) in [5.74, 6) is 3.93. The molecule has 1 aromatic carbocycles. The Morgan fingerprint density at radius 1 is 1.17 bits per heavy atom. The first-order valence-corrected chi connectivity index (χ1v) is 11.7. The van der Waals surface area contributed by atoms with Crippen LogP contribution in [0.15, 0.2) is 64.6 Å². The molecule has 5 nitrogen and oxygen atoms in total. The Hall–Kier alpha value is -1.48. The zero-order valence-corrected chi connectivity index (χ0v) is 20.9. The van der Waals surface area contributed by atoms with Crippen molar-refractivity contribution in [2.24, 2.45) is 10.9 Å². The minimum Gasteiger partial charge on any atom is -0.370 e. The second-order valence-corrected chi connectivity index (χ2v) is 8.40. The van der Waals surface area contributed by atoms with Crippen molar-refractivity contribution in [1.29, 1.82) is 0 Å². The Balaban J connectivity index is 0.00000320. The number of halogens is 1. The Kier molecular flexibility index (Phi) is 12.0. The SMILES string of the molecule is CCNC(=NCCCCNc1ccccn1)N1CCC(CSc2ccccc2)C1.I. The molecular formula is C23H34IN5S. The normalized spacial score (nSPS) is 16.2. The summed E-state index contributed by atoms with van der Waals surface area (Å²) >= 11 is 1.97. The minimum atomic E-state index is 0. The summed E-state index contributed by atoms with van der Waals surface area (Å²) in [5.41, 5.74) is 0. The summed E-state index contributed by atoms with van der Waals surface area (Å²) in [5, 5.41) is 6.84. The fourth-order valence-electron chi connectivity index (χ4n) is 3.42. The molecule has 0 bridgehead atoms. The average Bonchev–Trinajstić information content (AvgIpc) is 3.24. The first-order chi connectivity index (χ1) is 14.3. The fraction of sp³-hybridized carbons (Fsp3) is 0.478. The third kappa shape index (κ3) is 8.71. The van der Waals surface area contributed by atoms with Crippen LogP contribution < -0.4 is 10.6 Å². The van der Waals surface area contributed by atoms with Crippen LogP contribution in [0.1, 0.15) is 26.2 Å². The Labute approximate surface area is 202 Å². The van der Waals surface area contributed by atoms with Gasteiger partial charge in [0.15, 0.2) is 5.96 Å². The van der Waals surface area contributed by atoms with Crippen LogP contribution in [0.3, 0.4) is 0 Å². The van der Waals surface area contributed by atoms with E-state index in [1.54, 1.807) is 0 Å². The van der Waals surface area contributed by atoms with Crippen LogP contribution >= 0.6 is 35.7 Å². The predicted molar refractivity (Wildman–Crippen MR) is 140 cm³/mol. The topological polar surface area (TPSA) is 52.6 Å². The van der Waals surface area contributed by atoms with Crippen LogP contribution in [0.2, 0.25) is 0 Å².